The zero-order valence-corrected chi connectivity index (χ0v) is 13.4. The van der Waals surface area contributed by atoms with Gasteiger partial charge in [0.15, 0.2) is 4.77 Å². The number of hydrogen-bond acceptors (Lipinski definition) is 4. The molecular formula is C15H25N5S. The zero-order valence-electron chi connectivity index (χ0n) is 12.6. The fourth-order valence-corrected chi connectivity index (χ4v) is 4.08. The molecule has 3 aliphatic rings. The third-order valence-corrected chi connectivity index (χ3v) is 5.53. The molecular weight excluding hydrogens is 282 g/mol. The van der Waals surface area contributed by atoms with Crippen molar-refractivity contribution in [3.05, 3.63) is 4.77 Å². The second kappa shape index (κ2) is 5.72. The van der Waals surface area contributed by atoms with E-state index in [0.29, 0.717) is 6.04 Å². The first-order valence-electron chi connectivity index (χ1n) is 8.45. The van der Waals surface area contributed by atoms with Gasteiger partial charge < -0.3 is 4.90 Å². The standard InChI is InChI=1S/C15H25N5S/c21-15-17-16-14(20(15)13-3-1-2-4-13)19-9-7-18(8-10-19)11-12-5-6-12/h12-13H,1-11H2,(H,17,21). The van der Waals surface area contributed by atoms with Crippen LogP contribution in [-0.4, -0.2) is 52.4 Å². The van der Waals surface area contributed by atoms with Crippen molar-refractivity contribution in [3.8, 4) is 0 Å². The van der Waals surface area contributed by atoms with Crippen molar-refractivity contribution in [1.82, 2.24) is 19.7 Å². The van der Waals surface area contributed by atoms with Crippen molar-refractivity contribution in [3.63, 3.8) is 0 Å². The van der Waals surface area contributed by atoms with Crippen LogP contribution >= 0.6 is 12.2 Å². The highest BCUT2D eigenvalue weighted by Crippen LogP contribution is 2.33. The lowest BCUT2D eigenvalue weighted by atomic mass is 10.2. The highest BCUT2D eigenvalue weighted by Gasteiger charge is 2.29. The van der Waals surface area contributed by atoms with Crippen LogP contribution in [0.25, 0.3) is 0 Å². The van der Waals surface area contributed by atoms with Crippen LogP contribution in [0.4, 0.5) is 5.95 Å². The predicted molar refractivity (Wildman–Crippen MR) is 86.3 cm³/mol. The first-order chi connectivity index (χ1) is 10.3. The molecule has 0 aromatic carbocycles. The Kier molecular flexibility index (Phi) is 3.75. The van der Waals surface area contributed by atoms with Gasteiger partial charge in [0, 0.05) is 38.8 Å². The van der Waals surface area contributed by atoms with Crippen LogP contribution in [-0.2, 0) is 0 Å². The van der Waals surface area contributed by atoms with Crippen LogP contribution in [0, 0.1) is 10.7 Å². The van der Waals surface area contributed by atoms with Gasteiger partial charge in [-0.05, 0) is 43.8 Å². The number of H-pyrrole nitrogens is 1. The largest absolute Gasteiger partial charge is 0.338 e. The summed E-state index contributed by atoms with van der Waals surface area (Å²) in [7, 11) is 0. The Hall–Kier alpha value is -0.880. The number of anilines is 1. The van der Waals surface area contributed by atoms with Crippen LogP contribution in [0.15, 0.2) is 0 Å². The van der Waals surface area contributed by atoms with E-state index in [-0.39, 0.29) is 0 Å². The van der Waals surface area contributed by atoms with Crippen molar-refractivity contribution in [2.45, 2.75) is 44.6 Å². The average Bonchev–Trinajstić information content (AvgIpc) is 3.00. The Morgan fingerprint density at radius 2 is 1.76 bits per heavy atom. The highest BCUT2D eigenvalue weighted by atomic mass is 32.1. The van der Waals surface area contributed by atoms with Gasteiger partial charge >= 0.3 is 0 Å². The lowest BCUT2D eigenvalue weighted by Gasteiger charge is -2.35. The number of aromatic nitrogens is 3. The minimum atomic E-state index is 0.566. The lowest BCUT2D eigenvalue weighted by molar-refractivity contribution is 0.246. The van der Waals surface area contributed by atoms with Crippen molar-refractivity contribution >= 4 is 18.2 Å². The fourth-order valence-electron chi connectivity index (χ4n) is 3.81. The molecule has 0 spiro atoms. The summed E-state index contributed by atoms with van der Waals surface area (Å²) in [5.74, 6) is 2.07. The van der Waals surface area contributed by atoms with Crippen molar-refractivity contribution < 1.29 is 0 Å². The maximum absolute atomic E-state index is 5.48. The van der Waals surface area contributed by atoms with E-state index in [0.717, 1.165) is 29.7 Å². The summed E-state index contributed by atoms with van der Waals surface area (Å²) in [4.78, 5) is 5.04. The molecule has 1 aromatic rings. The maximum Gasteiger partial charge on any atom is 0.226 e. The molecule has 21 heavy (non-hydrogen) atoms. The van der Waals surface area contributed by atoms with Gasteiger partial charge in [0.05, 0.1) is 0 Å². The molecule has 1 aliphatic heterocycles. The summed E-state index contributed by atoms with van der Waals surface area (Å²) in [5.41, 5.74) is 0. The lowest BCUT2D eigenvalue weighted by Crippen LogP contribution is -2.48. The van der Waals surface area contributed by atoms with Gasteiger partial charge in [0.1, 0.15) is 0 Å². The minimum absolute atomic E-state index is 0.566. The van der Waals surface area contributed by atoms with E-state index in [4.69, 9.17) is 12.2 Å². The van der Waals surface area contributed by atoms with E-state index in [2.05, 4.69) is 24.6 Å². The molecule has 1 aromatic heterocycles. The summed E-state index contributed by atoms with van der Waals surface area (Å²) >= 11 is 5.48. The molecule has 2 heterocycles. The Bertz CT molecular complexity index is 533. The smallest absolute Gasteiger partial charge is 0.226 e. The summed E-state index contributed by atoms with van der Waals surface area (Å²) in [5, 5.41) is 7.56. The molecule has 3 fully saturated rings. The van der Waals surface area contributed by atoms with Crippen molar-refractivity contribution in [2.75, 3.05) is 37.6 Å². The number of piperazine rings is 1. The summed E-state index contributed by atoms with van der Waals surface area (Å²) in [6.45, 7) is 5.81. The van der Waals surface area contributed by atoms with E-state index < -0.39 is 0 Å². The molecule has 0 bridgehead atoms. The average molecular weight is 307 g/mol. The van der Waals surface area contributed by atoms with Crippen LogP contribution < -0.4 is 4.90 Å². The number of nitrogens with one attached hydrogen (secondary N) is 1. The molecule has 0 unspecified atom stereocenters. The SMILES string of the molecule is S=c1[nH]nc(N2CCN(CC3CC3)CC2)n1C1CCCC1. The number of aromatic amines is 1. The second-order valence-corrected chi connectivity index (χ2v) is 7.25. The van der Waals surface area contributed by atoms with Gasteiger partial charge in [-0.3, -0.25) is 9.47 Å². The minimum Gasteiger partial charge on any atom is -0.338 e. The van der Waals surface area contributed by atoms with Crippen molar-refractivity contribution in [2.24, 2.45) is 5.92 Å². The third kappa shape index (κ3) is 2.88. The molecule has 2 saturated carbocycles. The van der Waals surface area contributed by atoms with Gasteiger partial charge in [-0.15, -0.1) is 5.10 Å². The topological polar surface area (TPSA) is 40.1 Å². The Morgan fingerprint density at radius 3 is 2.43 bits per heavy atom. The van der Waals surface area contributed by atoms with Crippen LogP contribution in [0.2, 0.25) is 0 Å². The number of nitrogens with zero attached hydrogens (tertiary/aromatic N) is 4. The highest BCUT2D eigenvalue weighted by molar-refractivity contribution is 7.71. The molecule has 6 heteroatoms. The van der Waals surface area contributed by atoms with Crippen LogP contribution in [0.5, 0.6) is 0 Å². The summed E-state index contributed by atoms with van der Waals surface area (Å²) in [6.07, 6.45) is 8.05. The first-order valence-corrected chi connectivity index (χ1v) is 8.86. The molecule has 0 atom stereocenters. The van der Waals surface area contributed by atoms with Gasteiger partial charge in [0.25, 0.3) is 0 Å². The number of rotatable bonds is 4. The predicted octanol–water partition coefficient (Wildman–Crippen LogP) is 2.59. The summed E-state index contributed by atoms with van der Waals surface area (Å²) < 4.78 is 3.09. The Balaban J connectivity index is 1.45. The first kappa shape index (κ1) is 13.8. The van der Waals surface area contributed by atoms with E-state index in [1.807, 2.05) is 0 Å². The normalized spacial score (nSPS) is 24.9. The molecule has 5 nitrogen and oxygen atoms in total. The Labute approximate surface area is 131 Å². The van der Waals surface area contributed by atoms with E-state index >= 15 is 0 Å². The fraction of sp³-hybridized carbons (Fsp3) is 0.867. The quantitative estimate of drug-likeness (QED) is 0.868. The monoisotopic (exact) mass is 307 g/mol. The molecule has 0 radical (unpaired) electrons. The molecule has 1 saturated heterocycles. The number of hydrogen-bond donors (Lipinski definition) is 1. The van der Waals surface area contributed by atoms with Gasteiger partial charge in [-0.1, -0.05) is 12.8 Å². The van der Waals surface area contributed by atoms with Gasteiger partial charge in [-0.2, -0.15) is 0 Å². The van der Waals surface area contributed by atoms with Gasteiger partial charge in [-0.25, -0.2) is 5.10 Å². The van der Waals surface area contributed by atoms with E-state index in [9.17, 15) is 0 Å². The second-order valence-electron chi connectivity index (χ2n) is 6.87. The van der Waals surface area contributed by atoms with Crippen LogP contribution in [0.1, 0.15) is 44.6 Å². The van der Waals surface area contributed by atoms with E-state index in [1.54, 1.807) is 0 Å². The molecule has 2 aliphatic carbocycles. The van der Waals surface area contributed by atoms with E-state index in [1.165, 1.54) is 58.2 Å². The van der Waals surface area contributed by atoms with Gasteiger partial charge in [0.2, 0.25) is 5.95 Å². The third-order valence-electron chi connectivity index (χ3n) is 5.24. The van der Waals surface area contributed by atoms with Crippen LogP contribution in [0.3, 0.4) is 0 Å². The Morgan fingerprint density at radius 1 is 1.05 bits per heavy atom. The molecule has 4 rings (SSSR count). The molecule has 0 amide bonds. The maximum atomic E-state index is 5.48. The summed E-state index contributed by atoms with van der Waals surface area (Å²) in [6, 6.07) is 0.566. The molecule has 116 valence electrons. The van der Waals surface area contributed by atoms with Crippen molar-refractivity contribution in [1.29, 1.82) is 0 Å². The zero-order chi connectivity index (χ0) is 14.2. The molecule has 1 N–H and O–H groups in total.